The van der Waals surface area contributed by atoms with Crippen LogP contribution in [0.3, 0.4) is 0 Å². The van der Waals surface area contributed by atoms with E-state index in [0.717, 1.165) is 22.6 Å². The third-order valence-corrected chi connectivity index (χ3v) is 3.44. The van der Waals surface area contributed by atoms with Crippen molar-refractivity contribution < 1.29 is 13.9 Å². The Kier molecular flexibility index (Phi) is 4.02. The van der Waals surface area contributed by atoms with Crippen molar-refractivity contribution in [1.82, 2.24) is 4.98 Å². The zero-order chi connectivity index (χ0) is 15.5. The third kappa shape index (κ3) is 2.78. The standard InChI is InChI=1S/C17H14ClNO3/c1-20-13-7-3-5-11(9-13)15-16(22-17(18)19-15)12-6-4-8-14(10-12)21-2/h3-10H,1-2H3. The zero-order valence-corrected chi connectivity index (χ0v) is 12.9. The molecule has 0 aliphatic carbocycles. The lowest BCUT2D eigenvalue weighted by Crippen LogP contribution is -1.87. The summed E-state index contributed by atoms with van der Waals surface area (Å²) in [7, 11) is 3.24. The van der Waals surface area contributed by atoms with Crippen molar-refractivity contribution in [3.05, 3.63) is 53.9 Å². The highest BCUT2D eigenvalue weighted by Crippen LogP contribution is 2.36. The largest absolute Gasteiger partial charge is 0.497 e. The summed E-state index contributed by atoms with van der Waals surface area (Å²) in [5, 5.41) is 0.0932. The third-order valence-electron chi connectivity index (χ3n) is 3.28. The molecule has 0 unspecified atom stereocenters. The quantitative estimate of drug-likeness (QED) is 0.701. The summed E-state index contributed by atoms with van der Waals surface area (Å²) in [6.45, 7) is 0. The number of nitrogens with zero attached hydrogens (tertiary/aromatic N) is 1. The van der Waals surface area contributed by atoms with Crippen LogP contribution in [0.2, 0.25) is 5.35 Å². The molecular formula is C17H14ClNO3. The lowest BCUT2D eigenvalue weighted by atomic mass is 10.1. The van der Waals surface area contributed by atoms with E-state index in [9.17, 15) is 0 Å². The van der Waals surface area contributed by atoms with Crippen LogP contribution < -0.4 is 9.47 Å². The number of rotatable bonds is 4. The molecule has 0 atom stereocenters. The Bertz CT molecular complexity index is 733. The first-order valence-corrected chi connectivity index (χ1v) is 7.04. The van der Waals surface area contributed by atoms with Gasteiger partial charge in [-0.15, -0.1) is 0 Å². The molecule has 0 bridgehead atoms. The van der Waals surface area contributed by atoms with E-state index in [1.165, 1.54) is 0 Å². The molecule has 5 heteroatoms. The van der Waals surface area contributed by atoms with Crippen LogP contribution in [-0.4, -0.2) is 19.2 Å². The van der Waals surface area contributed by atoms with Crippen LogP contribution >= 0.6 is 11.6 Å². The molecule has 0 aliphatic heterocycles. The minimum absolute atomic E-state index is 0.0932. The van der Waals surface area contributed by atoms with Crippen molar-refractivity contribution in [3.8, 4) is 34.1 Å². The highest BCUT2D eigenvalue weighted by Gasteiger charge is 2.17. The number of benzene rings is 2. The molecular weight excluding hydrogens is 302 g/mol. The van der Waals surface area contributed by atoms with Crippen LogP contribution in [0.4, 0.5) is 0 Å². The van der Waals surface area contributed by atoms with Gasteiger partial charge < -0.3 is 13.9 Å². The molecule has 0 fully saturated rings. The Hall–Kier alpha value is -2.46. The Balaban J connectivity index is 2.13. The first-order chi connectivity index (χ1) is 10.7. The molecule has 112 valence electrons. The maximum atomic E-state index is 5.97. The minimum Gasteiger partial charge on any atom is -0.497 e. The summed E-state index contributed by atoms with van der Waals surface area (Å²) in [4.78, 5) is 4.29. The van der Waals surface area contributed by atoms with Gasteiger partial charge in [-0.2, -0.15) is 4.98 Å². The summed E-state index contributed by atoms with van der Waals surface area (Å²) in [6, 6.07) is 15.1. The number of halogens is 1. The molecule has 3 aromatic rings. The minimum atomic E-state index is 0.0932. The average molecular weight is 316 g/mol. The molecule has 1 heterocycles. The van der Waals surface area contributed by atoms with Gasteiger partial charge in [0.05, 0.1) is 14.2 Å². The molecule has 0 aliphatic rings. The van der Waals surface area contributed by atoms with E-state index >= 15 is 0 Å². The van der Waals surface area contributed by atoms with E-state index in [-0.39, 0.29) is 5.35 Å². The van der Waals surface area contributed by atoms with Crippen LogP contribution in [0.25, 0.3) is 22.6 Å². The molecule has 0 amide bonds. The lowest BCUT2D eigenvalue weighted by Gasteiger charge is -2.05. The molecule has 1 aromatic heterocycles. The molecule has 0 spiro atoms. The van der Waals surface area contributed by atoms with Crippen LogP contribution in [0, 0.1) is 0 Å². The Morgan fingerprint density at radius 2 is 1.50 bits per heavy atom. The molecule has 3 rings (SSSR count). The first-order valence-electron chi connectivity index (χ1n) is 6.66. The maximum absolute atomic E-state index is 5.97. The van der Waals surface area contributed by atoms with Crippen LogP contribution in [0.1, 0.15) is 0 Å². The van der Waals surface area contributed by atoms with Gasteiger partial charge in [0.1, 0.15) is 17.2 Å². The monoisotopic (exact) mass is 315 g/mol. The molecule has 4 nitrogen and oxygen atoms in total. The fourth-order valence-electron chi connectivity index (χ4n) is 2.22. The number of hydrogen-bond acceptors (Lipinski definition) is 4. The molecule has 0 radical (unpaired) electrons. The van der Waals surface area contributed by atoms with Crippen molar-refractivity contribution in [1.29, 1.82) is 0 Å². The highest BCUT2D eigenvalue weighted by molar-refractivity contribution is 6.28. The van der Waals surface area contributed by atoms with Gasteiger partial charge >= 0.3 is 0 Å². The van der Waals surface area contributed by atoms with E-state index in [1.807, 2.05) is 48.5 Å². The van der Waals surface area contributed by atoms with Crippen molar-refractivity contribution in [2.24, 2.45) is 0 Å². The number of methoxy groups -OCH3 is 2. The fourth-order valence-corrected chi connectivity index (χ4v) is 2.38. The first kappa shape index (κ1) is 14.5. The zero-order valence-electron chi connectivity index (χ0n) is 12.2. The smallest absolute Gasteiger partial charge is 0.293 e. The Labute approximate surface area is 133 Å². The van der Waals surface area contributed by atoms with Gasteiger partial charge in [0.2, 0.25) is 0 Å². The van der Waals surface area contributed by atoms with Crippen molar-refractivity contribution in [3.63, 3.8) is 0 Å². The van der Waals surface area contributed by atoms with Crippen molar-refractivity contribution in [2.75, 3.05) is 14.2 Å². The molecule has 0 N–H and O–H groups in total. The normalized spacial score (nSPS) is 10.5. The summed E-state index contributed by atoms with van der Waals surface area (Å²) in [5.74, 6) is 2.08. The Morgan fingerprint density at radius 3 is 2.14 bits per heavy atom. The molecule has 22 heavy (non-hydrogen) atoms. The second kappa shape index (κ2) is 6.12. The topological polar surface area (TPSA) is 44.5 Å². The van der Waals surface area contributed by atoms with Gasteiger partial charge in [-0.25, -0.2) is 0 Å². The number of aromatic nitrogens is 1. The van der Waals surface area contributed by atoms with E-state index in [2.05, 4.69) is 4.98 Å². The summed E-state index contributed by atoms with van der Waals surface area (Å²) in [5.41, 5.74) is 2.38. The van der Waals surface area contributed by atoms with Gasteiger partial charge in [0.15, 0.2) is 5.76 Å². The summed E-state index contributed by atoms with van der Waals surface area (Å²) in [6.07, 6.45) is 0. The van der Waals surface area contributed by atoms with Gasteiger partial charge in [-0.05, 0) is 35.9 Å². The number of oxazole rings is 1. The predicted molar refractivity (Wildman–Crippen MR) is 85.5 cm³/mol. The van der Waals surface area contributed by atoms with Gasteiger partial charge in [-0.1, -0.05) is 24.3 Å². The fraction of sp³-hybridized carbons (Fsp3) is 0.118. The highest BCUT2D eigenvalue weighted by atomic mass is 35.5. The average Bonchev–Trinajstić information content (AvgIpc) is 2.97. The Morgan fingerprint density at radius 1 is 0.909 bits per heavy atom. The number of hydrogen-bond donors (Lipinski definition) is 0. The predicted octanol–water partition coefficient (Wildman–Crippen LogP) is 4.68. The number of ether oxygens (including phenoxy) is 2. The van der Waals surface area contributed by atoms with Crippen molar-refractivity contribution in [2.45, 2.75) is 0 Å². The molecule has 0 saturated heterocycles. The van der Waals surface area contributed by atoms with E-state index in [0.29, 0.717) is 11.5 Å². The molecule has 0 saturated carbocycles. The summed E-state index contributed by atoms with van der Waals surface area (Å²) < 4.78 is 16.1. The van der Waals surface area contributed by atoms with E-state index in [4.69, 9.17) is 25.5 Å². The lowest BCUT2D eigenvalue weighted by molar-refractivity contribution is 0.414. The van der Waals surface area contributed by atoms with Gasteiger partial charge in [0, 0.05) is 11.1 Å². The van der Waals surface area contributed by atoms with E-state index < -0.39 is 0 Å². The van der Waals surface area contributed by atoms with Crippen LogP contribution in [0.15, 0.2) is 52.9 Å². The van der Waals surface area contributed by atoms with Crippen LogP contribution in [-0.2, 0) is 0 Å². The second-order valence-corrected chi connectivity index (χ2v) is 4.93. The van der Waals surface area contributed by atoms with Gasteiger partial charge in [-0.3, -0.25) is 0 Å². The maximum Gasteiger partial charge on any atom is 0.293 e. The van der Waals surface area contributed by atoms with Crippen molar-refractivity contribution >= 4 is 11.6 Å². The van der Waals surface area contributed by atoms with Crippen LogP contribution in [0.5, 0.6) is 11.5 Å². The summed E-state index contributed by atoms with van der Waals surface area (Å²) >= 11 is 5.97. The van der Waals surface area contributed by atoms with Gasteiger partial charge in [0.25, 0.3) is 5.35 Å². The second-order valence-electron chi connectivity index (χ2n) is 4.61. The molecule has 2 aromatic carbocycles. The SMILES string of the molecule is COc1cccc(-c2nc(Cl)oc2-c2cccc(OC)c2)c1. The van der Waals surface area contributed by atoms with E-state index in [1.54, 1.807) is 14.2 Å².